The van der Waals surface area contributed by atoms with Crippen LogP contribution < -0.4 is 0 Å². The van der Waals surface area contributed by atoms with Crippen molar-refractivity contribution in [3.63, 3.8) is 0 Å². The van der Waals surface area contributed by atoms with Gasteiger partial charge in [0.15, 0.2) is 24.6 Å². The second-order valence-electron chi connectivity index (χ2n) is 4.84. The third-order valence-electron chi connectivity index (χ3n) is 2.87. The number of esters is 2. The topological polar surface area (TPSA) is 125 Å². The molecule has 0 amide bonds. The molecule has 0 aromatic rings. The Morgan fingerprint density at radius 3 is 1.92 bits per heavy atom. The molecule has 1 fully saturated rings. The van der Waals surface area contributed by atoms with Crippen molar-refractivity contribution < 1.29 is 54.7 Å². The number of alkyl halides is 3. The molecule has 0 spiro atoms. The summed E-state index contributed by atoms with van der Waals surface area (Å²) >= 11 is 0. The SMILES string of the molecule is CC(=O)O[C@@H]1[C@H](OS(=O)(=O)C(F)(F)F)[C@@H](OC(C)=O)[C@@H](O)O[C@@H]1C. The first-order chi connectivity index (χ1) is 10.8. The van der Waals surface area contributed by atoms with E-state index in [1.807, 2.05) is 0 Å². The van der Waals surface area contributed by atoms with Gasteiger partial charge in [0.2, 0.25) is 0 Å². The lowest BCUT2D eigenvalue weighted by atomic mass is 9.99. The molecule has 0 aromatic carbocycles. The van der Waals surface area contributed by atoms with Gasteiger partial charge in [-0.25, -0.2) is 0 Å². The summed E-state index contributed by atoms with van der Waals surface area (Å²) in [6.45, 7) is 2.96. The van der Waals surface area contributed by atoms with E-state index in [1.54, 1.807) is 0 Å². The van der Waals surface area contributed by atoms with Crippen LogP contribution in [0.1, 0.15) is 20.8 Å². The quantitative estimate of drug-likeness (QED) is 0.402. The molecule has 1 aliphatic rings. The summed E-state index contributed by atoms with van der Waals surface area (Å²) in [5.74, 6) is -2.04. The maximum Gasteiger partial charge on any atom is 0.523 e. The highest BCUT2D eigenvalue weighted by Gasteiger charge is 2.56. The fourth-order valence-corrected chi connectivity index (χ4v) is 2.59. The lowest BCUT2D eigenvalue weighted by Crippen LogP contribution is -2.61. The normalized spacial score (nSPS) is 31.4. The van der Waals surface area contributed by atoms with Crippen molar-refractivity contribution in [3.05, 3.63) is 0 Å². The lowest BCUT2D eigenvalue weighted by molar-refractivity contribution is -0.281. The number of hydrogen-bond donors (Lipinski definition) is 1. The Hall–Kier alpha value is -1.44. The number of halogens is 3. The van der Waals surface area contributed by atoms with Gasteiger partial charge in [0.1, 0.15) is 0 Å². The third-order valence-corrected chi connectivity index (χ3v) is 3.91. The molecule has 1 heterocycles. The van der Waals surface area contributed by atoms with E-state index >= 15 is 0 Å². The van der Waals surface area contributed by atoms with E-state index in [1.165, 1.54) is 6.92 Å². The van der Waals surface area contributed by atoms with Crippen LogP contribution in [0.2, 0.25) is 0 Å². The summed E-state index contributed by atoms with van der Waals surface area (Å²) in [5.41, 5.74) is -5.78. The van der Waals surface area contributed by atoms with Crippen LogP contribution in [0.3, 0.4) is 0 Å². The first-order valence-corrected chi connectivity index (χ1v) is 7.84. The van der Waals surface area contributed by atoms with E-state index < -0.39 is 58.3 Å². The van der Waals surface area contributed by atoms with E-state index in [2.05, 4.69) is 8.92 Å². The minimum atomic E-state index is -6.13. The van der Waals surface area contributed by atoms with Gasteiger partial charge in [-0.3, -0.25) is 13.8 Å². The number of carbonyl (C=O) groups is 2. The molecule has 9 nitrogen and oxygen atoms in total. The highest BCUT2D eigenvalue weighted by molar-refractivity contribution is 7.87. The Morgan fingerprint density at radius 2 is 1.50 bits per heavy atom. The fourth-order valence-electron chi connectivity index (χ4n) is 1.97. The largest absolute Gasteiger partial charge is 0.523 e. The summed E-state index contributed by atoms with van der Waals surface area (Å²) in [7, 11) is -6.13. The van der Waals surface area contributed by atoms with Crippen LogP contribution in [-0.2, 0) is 38.1 Å². The van der Waals surface area contributed by atoms with Crippen LogP contribution in [-0.4, -0.2) is 61.7 Å². The van der Waals surface area contributed by atoms with Crippen LogP contribution in [0, 0.1) is 0 Å². The second kappa shape index (κ2) is 7.21. The van der Waals surface area contributed by atoms with E-state index in [0.29, 0.717) is 0 Å². The molecule has 1 N–H and O–H groups in total. The molecule has 13 heteroatoms. The summed E-state index contributed by atoms with van der Waals surface area (Å²) in [6, 6.07) is 0. The molecule has 0 aromatic heterocycles. The minimum absolute atomic E-state index is 0.862. The zero-order chi connectivity index (χ0) is 18.9. The highest BCUT2D eigenvalue weighted by atomic mass is 32.2. The lowest BCUT2D eigenvalue weighted by Gasteiger charge is -2.41. The molecule has 0 bridgehead atoms. The molecule has 1 saturated heterocycles. The zero-order valence-corrected chi connectivity index (χ0v) is 13.5. The Morgan fingerprint density at radius 1 is 1.04 bits per heavy atom. The van der Waals surface area contributed by atoms with E-state index in [4.69, 9.17) is 9.47 Å². The summed E-state index contributed by atoms with van der Waals surface area (Å²) in [4.78, 5) is 22.2. The molecule has 1 aliphatic heterocycles. The zero-order valence-electron chi connectivity index (χ0n) is 12.6. The van der Waals surface area contributed by atoms with Crippen LogP contribution in [0.4, 0.5) is 13.2 Å². The predicted molar refractivity (Wildman–Crippen MR) is 67.5 cm³/mol. The second-order valence-corrected chi connectivity index (χ2v) is 6.40. The number of rotatable bonds is 4. The van der Waals surface area contributed by atoms with Crippen molar-refractivity contribution in [3.8, 4) is 0 Å². The molecular weight excluding hydrogens is 365 g/mol. The average Bonchev–Trinajstić information content (AvgIpc) is 2.36. The minimum Gasteiger partial charge on any atom is -0.457 e. The fraction of sp³-hybridized carbons (Fsp3) is 0.818. The van der Waals surface area contributed by atoms with Crippen LogP contribution >= 0.6 is 0 Å². The predicted octanol–water partition coefficient (Wildman–Crippen LogP) is -0.178. The number of ether oxygens (including phenoxy) is 3. The average molecular weight is 380 g/mol. The highest BCUT2D eigenvalue weighted by Crippen LogP contribution is 2.33. The van der Waals surface area contributed by atoms with Gasteiger partial charge in [0.05, 0.1) is 6.10 Å². The molecular formula is C11H15F3O9S. The van der Waals surface area contributed by atoms with Crippen molar-refractivity contribution in [1.29, 1.82) is 0 Å². The molecule has 140 valence electrons. The van der Waals surface area contributed by atoms with E-state index in [9.17, 15) is 36.3 Å². The molecule has 0 saturated carbocycles. The Balaban J connectivity index is 3.26. The standard InChI is InChI=1S/C11H15F3O9S/c1-4-7(21-5(2)15)8(23-24(18,19)11(12,13)14)9(10(17)20-4)22-6(3)16/h4,7-10,17H,1-3H3/t4-,7+,8+,9-,10+/m1/s1. The van der Waals surface area contributed by atoms with Gasteiger partial charge in [-0.2, -0.15) is 21.6 Å². The molecule has 1 rings (SSSR count). The first kappa shape index (κ1) is 20.6. The summed E-state index contributed by atoms with van der Waals surface area (Å²) in [5, 5.41) is 9.71. The van der Waals surface area contributed by atoms with Gasteiger partial charge in [0.25, 0.3) is 0 Å². The van der Waals surface area contributed by atoms with E-state index in [-0.39, 0.29) is 0 Å². The number of aliphatic hydroxyl groups excluding tert-OH is 1. The molecule has 5 atom stereocenters. The number of aliphatic hydroxyl groups is 1. The van der Waals surface area contributed by atoms with Gasteiger partial charge in [-0.15, -0.1) is 0 Å². The molecule has 0 aliphatic carbocycles. The molecule has 24 heavy (non-hydrogen) atoms. The number of carbonyl (C=O) groups excluding carboxylic acids is 2. The van der Waals surface area contributed by atoms with Crippen molar-refractivity contribution >= 4 is 22.1 Å². The Kier molecular flexibility index (Phi) is 6.19. The summed E-state index contributed by atoms with van der Waals surface area (Å²) < 4.78 is 78.3. The first-order valence-electron chi connectivity index (χ1n) is 6.43. The van der Waals surface area contributed by atoms with Crippen LogP contribution in [0.15, 0.2) is 0 Å². The number of hydrogen-bond acceptors (Lipinski definition) is 9. The Bertz CT molecular complexity index is 560. The van der Waals surface area contributed by atoms with Crippen molar-refractivity contribution in [2.75, 3.05) is 0 Å². The monoisotopic (exact) mass is 380 g/mol. The van der Waals surface area contributed by atoms with Gasteiger partial charge in [-0.1, -0.05) is 0 Å². The maximum atomic E-state index is 12.5. The van der Waals surface area contributed by atoms with Crippen molar-refractivity contribution in [2.24, 2.45) is 0 Å². The summed E-state index contributed by atoms with van der Waals surface area (Å²) in [6.07, 6.45) is -9.07. The Labute approximate surface area is 134 Å². The third kappa shape index (κ3) is 4.78. The van der Waals surface area contributed by atoms with Crippen LogP contribution in [0.25, 0.3) is 0 Å². The molecule has 0 radical (unpaired) electrons. The maximum absolute atomic E-state index is 12.5. The van der Waals surface area contributed by atoms with Crippen LogP contribution in [0.5, 0.6) is 0 Å². The van der Waals surface area contributed by atoms with Gasteiger partial charge in [-0.05, 0) is 6.92 Å². The molecule has 0 unspecified atom stereocenters. The van der Waals surface area contributed by atoms with E-state index in [0.717, 1.165) is 13.8 Å². The van der Waals surface area contributed by atoms with Gasteiger partial charge >= 0.3 is 27.6 Å². The van der Waals surface area contributed by atoms with Crippen molar-refractivity contribution in [1.82, 2.24) is 0 Å². The van der Waals surface area contributed by atoms with Crippen molar-refractivity contribution in [2.45, 2.75) is 57.0 Å². The van der Waals surface area contributed by atoms with Gasteiger partial charge in [0, 0.05) is 13.8 Å². The van der Waals surface area contributed by atoms with Gasteiger partial charge < -0.3 is 19.3 Å². The smallest absolute Gasteiger partial charge is 0.457 e.